The molecule has 0 saturated heterocycles. The minimum Gasteiger partial charge on any atom is -0.457 e. The molecule has 0 aliphatic rings. The Balaban J connectivity index is 0.00000361. The predicted octanol–water partition coefficient (Wildman–Crippen LogP) is 3.71. The number of allylic oxidation sites excluding steroid dienone is 1. The lowest BCUT2D eigenvalue weighted by Crippen LogP contribution is -2.24. The van der Waals surface area contributed by atoms with Gasteiger partial charge in [-0.05, 0) is 46.3 Å². The number of rotatable bonds is 3. The second-order valence-corrected chi connectivity index (χ2v) is 5.51. The molecule has 0 fully saturated rings. The Hall–Kier alpha value is -1.90. The van der Waals surface area contributed by atoms with Crippen LogP contribution in [0.5, 0.6) is 0 Å². The molecule has 0 aliphatic carbocycles. The van der Waals surface area contributed by atoms with Gasteiger partial charge in [-0.2, -0.15) is 0 Å². The smallest absolute Gasteiger partial charge is 0.334 e. The van der Waals surface area contributed by atoms with Gasteiger partial charge in [0.1, 0.15) is 5.60 Å². The van der Waals surface area contributed by atoms with E-state index >= 15 is 0 Å². The normalized spacial score (nSPS) is 12.2. The molecule has 19 heavy (non-hydrogen) atoms. The van der Waals surface area contributed by atoms with E-state index in [0.29, 0.717) is 11.1 Å². The number of hydrogen-bond donors (Lipinski definition) is 0. The maximum absolute atomic E-state index is 12.1. The summed E-state index contributed by atoms with van der Waals surface area (Å²) >= 11 is 0. The molecule has 0 amide bonds. The van der Waals surface area contributed by atoms with Crippen molar-refractivity contribution in [2.75, 3.05) is 0 Å². The first kappa shape index (κ1) is 15.2. The Labute approximate surface area is 115 Å². The van der Waals surface area contributed by atoms with Gasteiger partial charge in [0.2, 0.25) is 0 Å². The van der Waals surface area contributed by atoms with Gasteiger partial charge in [0, 0.05) is 12.6 Å². The van der Waals surface area contributed by atoms with Gasteiger partial charge in [0.25, 0.3) is 0 Å². The summed E-state index contributed by atoms with van der Waals surface area (Å²) in [4.78, 5) is 23.8. The molecule has 0 bridgehead atoms. The Kier molecular flexibility index (Phi) is 4.65. The van der Waals surface area contributed by atoms with Crippen molar-refractivity contribution in [3.8, 4) is 0 Å². The van der Waals surface area contributed by atoms with Crippen molar-refractivity contribution < 1.29 is 15.8 Å². The first-order valence-electron chi connectivity index (χ1n) is 6.22. The maximum Gasteiger partial charge on any atom is 0.334 e. The average Bonchev–Trinajstić information content (AvgIpc) is 2.27. The number of esters is 1. The van der Waals surface area contributed by atoms with Crippen molar-refractivity contribution in [2.45, 2.75) is 40.2 Å². The van der Waals surface area contributed by atoms with E-state index in [4.69, 9.17) is 4.74 Å². The Morgan fingerprint density at radius 1 is 1.21 bits per heavy atom. The standard InChI is InChI=1S/C16H20O3.H2/c1-11-8-6-7-9-13(11)14(17)10-12(2)15(18)19-16(3,4)5;/h6-10H,1-5H3;1H/b12-10+;. The van der Waals surface area contributed by atoms with Crippen molar-refractivity contribution in [1.82, 2.24) is 0 Å². The van der Waals surface area contributed by atoms with Crippen LogP contribution in [0, 0.1) is 6.92 Å². The first-order chi connectivity index (χ1) is 8.70. The van der Waals surface area contributed by atoms with Crippen molar-refractivity contribution in [3.05, 3.63) is 47.0 Å². The quantitative estimate of drug-likeness (QED) is 0.474. The maximum atomic E-state index is 12.1. The molecule has 0 aromatic heterocycles. The summed E-state index contributed by atoms with van der Waals surface area (Å²) in [5.74, 6) is -0.643. The zero-order valence-electron chi connectivity index (χ0n) is 12.1. The third-order valence-electron chi connectivity index (χ3n) is 2.48. The van der Waals surface area contributed by atoms with E-state index in [-0.39, 0.29) is 7.21 Å². The van der Waals surface area contributed by atoms with Gasteiger partial charge in [-0.25, -0.2) is 4.79 Å². The number of ether oxygens (including phenoxy) is 1. The highest BCUT2D eigenvalue weighted by atomic mass is 16.6. The average molecular weight is 262 g/mol. The van der Waals surface area contributed by atoms with E-state index in [0.717, 1.165) is 5.56 Å². The van der Waals surface area contributed by atoms with E-state index in [1.54, 1.807) is 39.8 Å². The molecule has 104 valence electrons. The van der Waals surface area contributed by atoms with Crippen LogP contribution in [0.1, 0.15) is 45.0 Å². The molecule has 3 nitrogen and oxygen atoms in total. The highest BCUT2D eigenvalue weighted by molar-refractivity contribution is 6.09. The highest BCUT2D eigenvalue weighted by Crippen LogP contribution is 2.13. The number of hydrogen-bond acceptors (Lipinski definition) is 3. The number of benzene rings is 1. The fraction of sp³-hybridized carbons (Fsp3) is 0.375. The van der Waals surface area contributed by atoms with Crippen LogP contribution in [0.3, 0.4) is 0 Å². The Bertz CT molecular complexity index is 525. The van der Waals surface area contributed by atoms with Gasteiger partial charge in [-0.1, -0.05) is 24.3 Å². The summed E-state index contributed by atoms with van der Waals surface area (Å²) in [6.45, 7) is 8.83. The lowest BCUT2D eigenvalue weighted by Gasteiger charge is -2.19. The summed E-state index contributed by atoms with van der Waals surface area (Å²) in [5.41, 5.74) is 1.24. The summed E-state index contributed by atoms with van der Waals surface area (Å²) in [7, 11) is 0. The SMILES string of the molecule is C/C(=C\C(=O)c1ccccc1C)C(=O)OC(C)(C)C.[HH]. The van der Waals surface area contributed by atoms with Crippen molar-refractivity contribution >= 4 is 11.8 Å². The van der Waals surface area contributed by atoms with Gasteiger partial charge in [-0.15, -0.1) is 0 Å². The second kappa shape index (κ2) is 5.83. The number of ketones is 1. The molecule has 0 heterocycles. The van der Waals surface area contributed by atoms with Crippen LogP contribution in [0.15, 0.2) is 35.9 Å². The summed E-state index contributed by atoms with van der Waals surface area (Å²) in [5, 5.41) is 0. The molecule has 0 N–H and O–H groups in total. The highest BCUT2D eigenvalue weighted by Gasteiger charge is 2.18. The van der Waals surface area contributed by atoms with Crippen molar-refractivity contribution in [1.29, 1.82) is 0 Å². The predicted molar refractivity (Wildman–Crippen MR) is 77.2 cm³/mol. The van der Waals surface area contributed by atoms with Crippen LogP contribution in [0.2, 0.25) is 0 Å². The summed E-state index contributed by atoms with van der Waals surface area (Å²) in [6, 6.07) is 7.29. The van der Waals surface area contributed by atoms with Crippen molar-refractivity contribution in [3.63, 3.8) is 0 Å². The fourth-order valence-corrected chi connectivity index (χ4v) is 1.54. The van der Waals surface area contributed by atoms with Crippen LogP contribution in [0.25, 0.3) is 0 Å². The molecule has 3 heteroatoms. The minimum absolute atomic E-state index is 0. The largest absolute Gasteiger partial charge is 0.457 e. The van der Waals surface area contributed by atoms with Gasteiger partial charge in [0.15, 0.2) is 5.78 Å². The van der Waals surface area contributed by atoms with Gasteiger partial charge in [-0.3, -0.25) is 4.79 Å². The molecule has 0 unspecified atom stereocenters. The lowest BCUT2D eigenvalue weighted by molar-refractivity contribution is -0.149. The van der Waals surface area contributed by atoms with Crippen LogP contribution >= 0.6 is 0 Å². The molecule has 0 atom stereocenters. The molecule has 0 spiro atoms. The molecular formula is C16H22O3. The molecule has 1 aromatic rings. The van der Waals surface area contributed by atoms with E-state index in [9.17, 15) is 9.59 Å². The molecule has 1 rings (SSSR count). The van der Waals surface area contributed by atoms with E-state index in [1.807, 2.05) is 19.1 Å². The topological polar surface area (TPSA) is 43.4 Å². The van der Waals surface area contributed by atoms with Gasteiger partial charge in [0.05, 0.1) is 0 Å². The molecule has 0 aliphatic heterocycles. The van der Waals surface area contributed by atoms with Gasteiger partial charge >= 0.3 is 5.97 Å². The lowest BCUT2D eigenvalue weighted by atomic mass is 10.0. The van der Waals surface area contributed by atoms with Crippen molar-refractivity contribution in [2.24, 2.45) is 0 Å². The van der Waals surface area contributed by atoms with Crippen LogP contribution < -0.4 is 0 Å². The number of carbonyl (C=O) groups is 2. The van der Waals surface area contributed by atoms with E-state index < -0.39 is 11.6 Å². The molecule has 0 saturated carbocycles. The monoisotopic (exact) mass is 262 g/mol. The summed E-state index contributed by atoms with van der Waals surface area (Å²) < 4.78 is 5.21. The molecular weight excluding hydrogens is 240 g/mol. The fourth-order valence-electron chi connectivity index (χ4n) is 1.54. The van der Waals surface area contributed by atoms with Crippen LogP contribution in [-0.2, 0) is 9.53 Å². The zero-order valence-corrected chi connectivity index (χ0v) is 12.1. The first-order valence-corrected chi connectivity index (χ1v) is 6.22. The van der Waals surface area contributed by atoms with E-state index in [1.165, 1.54) is 6.08 Å². The third-order valence-corrected chi connectivity index (χ3v) is 2.48. The number of aryl methyl sites for hydroxylation is 1. The third kappa shape index (κ3) is 4.70. The molecule has 1 aromatic carbocycles. The summed E-state index contributed by atoms with van der Waals surface area (Å²) in [6.07, 6.45) is 1.33. The number of carbonyl (C=O) groups excluding carboxylic acids is 2. The Morgan fingerprint density at radius 3 is 2.32 bits per heavy atom. The second-order valence-electron chi connectivity index (χ2n) is 5.51. The van der Waals surface area contributed by atoms with Gasteiger partial charge < -0.3 is 4.74 Å². The zero-order chi connectivity index (χ0) is 14.6. The van der Waals surface area contributed by atoms with Crippen LogP contribution in [0.4, 0.5) is 0 Å². The van der Waals surface area contributed by atoms with E-state index in [2.05, 4.69) is 0 Å². The van der Waals surface area contributed by atoms with Crippen LogP contribution in [-0.4, -0.2) is 17.4 Å². The minimum atomic E-state index is -0.558. The Morgan fingerprint density at radius 2 is 1.79 bits per heavy atom. The molecule has 0 radical (unpaired) electrons.